The van der Waals surface area contributed by atoms with Crippen molar-refractivity contribution in [2.45, 2.75) is 42.5 Å². The molecule has 0 aromatic heterocycles. The smallest absolute Gasteiger partial charge is 0.407 e. The third kappa shape index (κ3) is 4.27. The monoisotopic (exact) mass is 454 g/mol. The number of halogens is 3. The van der Waals surface area contributed by atoms with Crippen LogP contribution in [0.25, 0.3) is 11.1 Å². The molecule has 2 atom stereocenters. The first kappa shape index (κ1) is 21.6. The lowest BCUT2D eigenvalue weighted by atomic mass is 9.95. The molecule has 31 heavy (non-hydrogen) atoms. The van der Waals surface area contributed by atoms with E-state index in [0.29, 0.717) is 23.3 Å². The van der Waals surface area contributed by atoms with Crippen molar-refractivity contribution in [1.82, 2.24) is 9.62 Å². The Kier molecular flexibility index (Phi) is 5.47. The van der Waals surface area contributed by atoms with Crippen molar-refractivity contribution in [3.05, 3.63) is 59.9 Å². The van der Waals surface area contributed by atoms with Crippen LogP contribution in [0.15, 0.2) is 48.5 Å². The second-order valence-corrected chi connectivity index (χ2v) is 9.92. The first-order chi connectivity index (χ1) is 14.6. The number of carbonyl (C=O) groups is 1. The molecule has 2 N–H and O–H groups in total. The Bertz CT molecular complexity index is 1090. The predicted octanol–water partition coefficient (Wildman–Crippen LogP) is 3.48. The van der Waals surface area contributed by atoms with E-state index in [1.807, 2.05) is 4.72 Å². The van der Waals surface area contributed by atoms with Crippen LogP contribution >= 0.6 is 0 Å². The number of likely N-dealkylation sites (tertiary alicyclic amines) is 1. The minimum Gasteiger partial charge on any atom is -0.465 e. The van der Waals surface area contributed by atoms with Crippen LogP contribution in [0.3, 0.4) is 0 Å². The number of benzene rings is 2. The molecule has 0 radical (unpaired) electrons. The van der Waals surface area contributed by atoms with E-state index < -0.39 is 58.2 Å². The summed E-state index contributed by atoms with van der Waals surface area (Å²) in [6.45, 7) is -1.16. The number of alkyl halides is 2. The van der Waals surface area contributed by atoms with Crippen LogP contribution in [0.1, 0.15) is 18.4 Å². The minimum absolute atomic E-state index is 0.0333. The lowest BCUT2D eigenvalue weighted by Crippen LogP contribution is -2.53. The number of amides is 1. The Morgan fingerprint density at radius 1 is 1.13 bits per heavy atom. The Balaban J connectivity index is 1.69. The Hall–Kier alpha value is -2.59. The van der Waals surface area contributed by atoms with Gasteiger partial charge in [0.25, 0.3) is 5.92 Å². The van der Waals surface area contributed by atoms with Crippen LogP contribution in [-0.4, -0.2) is 54.3 Å². The Morgan fingerprint density at radius 3 is 2.42 bits per heavy atom. The average Bonchev–Trinajstić information content (AvgIpc) is 3.54. The number of hydrogen-bond donors (Lipinski definition) is 2. The summed E-state index contributed by atoms with van der Waals surface area (Å²) in [5, 5.41) is 8.71. The molecule has 2 fully saturated rings. The summed E-state index contributed by atoms with van der Waals surface area (Å²) >= 11 is 0. The molecule has 4 rings (SSSR count). The Morgan fingerprint density at radius 2 is 1.81 bits per heavy atom. The van der Waals surface area contributed by atoms with E-state index in [1.165, 1.54) is 6.07 Å². The highest BCUT2D eigenvalue weighted by molar-refractivity contribution is 7.90. The molecule has 1 saturated carbocycles. The summed E-state index contributed by atoms with van der Waals surface area (Å²) in [4.78, 5) is 12.1. The molecule has 1 aliphatic heterocycles. The van der Waals surface area contributed by atoms with Gasteiger partial charge in [-0.3, -0.25) is 4.90 Å². The van der Waals surface area contributed by atoms with Gasteiger partial charge in [0.2, 0.25) is 10.0 Å². The topological polar surface area (TPSA) is 86.7 Å². The van der Waals surface area contributed by atoms with E-state index in [-0.39, 0.29) is 11.1 Å². The van der Waals surface area contributed by atoms with Crippen LogP contribution in [0, 0.1) is 5.82 Å². The van der Waals surface area contributed by atoms with Gasteiger partial charge in [0.15, 0.2) is 0 Å². The van der Waals surface area contributed by atoms with Gasteiger partial charge in [-0.2, -0.15) is 0 Å². The fraction of sp³-hybridized carbons (Fsp3) is 0.381. The summed E-state index contributed by atoms with van der Waals surface area (Å²) in [7, 11) is -4.02. The number of hydrogen-bond acceptors (Lipinski definition) is 3. The average molecular weight is 454 g/mol. The van der Waals surface area contributed by atoms with Crippen LogP contribution in [-0.2, 0) is 16.4 Å². The lowest BCUT2D eigenvalue weighted by molar-refractivity contribution is -0.00565. The molecule has 166 valence electrons. The van der Waals surface area contributed by atoms with Gasteiger partial charge in [-0.05, 0) is 30.4 Å². The molecule has 2 aromatic carbocycles. The van der Waals surface area contributed by atoms with Crippen LogP contribution in [0.4, 0.5) is 18.0 Å². The highest BCUT2D eigenvalue weighted by atomic mass is 32.2. The van der Waals surface area contributed by atoms with Gasteiger partial charge in [0.1, 0.15) is 11.9 Å². The molecule has 6 nitrogen and oxygen atoms in total. The molecule has 1 saturated heterocycles. The van der Waals surface area contributed by atoms with E-state index in [2.05, 4.69) is 0 Å². The molecule has 1 amide bonds. The van der Waals surface area contributed by atoms with Crippen molar-refractivity contribution < 1.29 is 31.5 Å². The maximum Gasteiger partial charge on any atom is 0.407 e. The third-order valence-corrected chi connectivity index (χ3v) is 7.65. The maximum atomic E-state index is 15.2. The van der Waals surface area contributed by atoms with Crippen LogP contribution < -0.4 is 4.72 Å². The van der Waals surface area contributed by atoms with Crippen molar-refractivity contribution in [3.63, 3.8) is 0 Å². The summed E-state index contributed by atoms with van der Waals surface area (Å²) in [6.07, 6.45) is -1.27. The summed E-state index contributed by atoms with van der Waals surface area (Å²) < 4.78 is 71.3. The number of rotatable bonds is 6. The fourth-order valence-electron chi connectivity index (χ4n) is 3.96. The van der Waals surface area contributed by atoms with E-state index >= 15 is 4.39 Å². The van der Waals surface area contributed by atoms with Crippen molar-refractivity contribution >= 4 is 16.1 Å². The first-order valence-electron chi connectivity index (χ1n) is 9.81. The molecule has 10 heteroatoms. The molecule has 0 spiro atoms. The van der Waals surface area contributed by atoms with Crippen molar-refractivity contribution in [3.8, 4) is 11.1 Å². The predicted molar refractivity (Wildman–Crippen MR) is 108 cm³/mol. The third-order valence-electron chi connectivity index (χ3n) is 5.71. The van der Waals surface area contributed by atoms with Crippen molar-refractivity contribution in [1.29, 1.82) is 0 Å². The van der Waals surface area contributed by atoms with Gasteiger partial charge in [-0.15, -0.1) is 0 Å². The molecule has 0 unspecified atom stereocenters. The van der Waals surface area contributed by atoms with Crippen molar-refractivity contribution in [2.24, 2.45) is 0 Å². The van der Waals surface area contributed by atoms with Gasteiger partial charge in [0.05, 0.1) is 17.8 Å². The molecule has 0 bridgehead atoms. The fourth-order valence-corrected chi connectivity index (χ4v) is 5.59. The van der Waals surface area contributed by atoms with E-state index in [1.54, 1.807) is 42.5 Å². The molecule has 1 aliphatic carbocycles. The Labute approximate surface area is 177 Å². The van der Waals surface area contributed by atoms with Gasteiger partial charge in [-0.1, -0.05) is 48.5 Å². The van der Waals surface area contributed by atoms with E-state index in [9.17, 15) is 27.1 Å². The quantitative estimate of drug-likeness (QED) is 0.700. The summed E-state index contributed by atoms with van der Waals surface area (Å²) in [5.41, 5.74) is 0.866. The number of sulfonamides is 1. The standard InChI is InChI=1S/C21H21F3N2O4S/c22-18-14(7-4-8-16(18)13-5-2-1-3-6-13)11-17-19(25-31(29,30)15-9-10-15)21(23,24)12-26(17)20(27)28/h1-8,15,17,19,25H,9-12H2,(H,27,28)/t17-,19+/m0/s1. The van der Waals surface area contributed by atoms with Gasteiger partial charge < -0.3 is 5.11 Å². The second kappa shape index (κ2) is 7.83. The van der Waals surface area contributed by atoms with Gasteiger partial charge in [0, 0.05) is 5.56 Å². The summed E-state index contributed by atoms with van der Waals surface area (Å²) in [6, 6.07) is 9.68. The maximum absolute atomic E-state index is 15.2. The van der Waals surface area contributed by atoms with Gasteiger partial charge >= 0.3 is 6.09 Å². The SMILES string of the molecule is O=C(O)N1CC(F)(F)[C@H](NS(=O)(=O)C2CC2)[C@@H]1Cc1cccc(-c2ccccc2)c1F. The highest BCUT2D eigenvalue weighted by Gasteiger charge is 2.58. The number of nitrogens with one attached hydrogen (secondary N) is 1. The molecular weight excluding hydrogens is 433 g/mol. The van der Waals surface area contributed by atoms with E-state index in [0.717, 1.165) is 0 Å². The van der Waals surface area contributed by atoms with Gasteiger partial charge in [-0.25, -0.2) is 31.1 Å². The first-order valence-corrected chi connectivity index (χ1v) is 11.4. The second-order valence-electron chi connectivity index (χ2n) is 7.93. The van der Waals surface area contributed by atoms with Crippen LogP contribution in [0.5, 0.6) is 0 Å². The van der Waals surface area contributed by atoms with Crippen LogP contribution in [0.2, 0.25) is 0 Å². The molecule has 1 heterocycles. The largest absolute Gasteiger partial charge is 0.465 e. The zero-order valence-electron chi connectivity index (χ0n) is 16.3. The number of carboxylic acid groups (broad SMARTS) is 1. The summed E-state index contributed by atoms with van der Waals surface area (Å²) in [5.74, 6) is -4.28. The number of nitrogens with zero attached hydrogens (tertiary/aromatic N) is 1. The van der Waals surface area contributed by atoms with E-state index in [4.69, 9.17) is 0 Å². The highest BCUT2D eigenvalue weighted by Crippen LogP contribution is 2.37. The molecule has 2 aromatic rings. The van der Waals surface area contributed by atoms with Crippen molar-refractivity contribution in [2.75, 3.05) is 6.54 Å². The molecule has 2 aliphatic rings. The normalized spacial score (nSPS) is 23.1. The molecular formula is C21H21F3N2O4S. The lowest BCUT2D eigenvalue weighted by Gasteiger charge is -2.27. The zero-order valence-corrected chi connectivity index (χ0v) is 17.2. The minimum atomic E-state index is -4.02. The zero-order chi connectivity index (χ0) is 22.4.